The molecule has 0 radical (unpaired) electrons. The van der Waals surface area contributed by atoms with Crippen molar-refractivity contribution < 1.29 is 14.3 Å². The molecule has 1 atom stereocenters. The molecule has 1 unspecified atom stereocenters. The Morgan fingerprint density at radius 3 is 2.80 bits per heavy atom. The molecular weight excluding hydrogens is 256 g/mol. The van der Waals surface area contributed by atoms with Crippen LogP contribution >= 0.6 is 0 Å². The largest absolute Gasteiger partial charge is 0.486 e. The Balaban J connectivity index is 2.06. The first-order valence-corrected chi connectivity index (χ1v) is 6.87. The van der Waals surface area contributed by atoms with E-state index in [0.717, 1.165) is 6.54 Å². The summed E-state index contributed by atoms with van der Waals surface area (Å²) in [7, 11) is 0. The summed E-state index contributed by atoms with van der Waals surface area (Å²) in [6.07, 6.45) is -0.452. The van der Waals surface area contributed by atoms with Crippen LogP contribution in [0.5, 0.6) is 5.75 Å². The number of ether oxygens (including phenoxy) is 2. The first-order chi connectivity index (χ1) is 9.46. The van der Waals surface area contributed by atoms with Crippen molar-refractivity contribution in [2.45, 2.75) is 32.5 Å². The minimum Gasteiger partial charge on any atom is -0.486 e. The zero-order chi connectivity index (χ0) is 14.6. The van der Waals surface area contributed by atoms with E-state index >= 15 is 0 Å². The van der Waals surface area contributed by atoms with Crippen LogP contribution in [-0.2, 0) is 9.53 Å². The van der Waals surface area contributed by atoms with Crippen LogP contribution in [0.3, 0.4) is 0 Å². The van der Waals surface area contributed by atoms with E-state index < -0.39 is 6.10 Å². The van der Waals surface area contributed by atoms with Crippen molar-refractivity contribution in [1.29, 1.82) is 0 Å². The van der Waals surface area contributed by atoms with Gasteiger partial charge in [0.05, 0.1) is 12.3 Å². The minimum atomic E-state index is -0.452. The third-order valence-corrected chi connectivity index (χ3v) is 2.78. The highest BCUT2D eigenvalue weighted by Crippen LogP contribution is 2.27. The van der Waals surface area contributed by atoms with Crippen LogP contribution in [0.1, 0.15) is 20.8 Å². The molecule has 2 rings (SSSR count). The SMILES string of the molecule is CC(C)(C)Oc1ccccc1NC(=O)C1CNCCO1. The van der Waals surface area contributed by atoms with E-state index in [2.05, 4.69) is 10.6 Å². The second kappa shape index (κ2) is 6.24. The van der Waals surface area contributed by atoms with Crippen molar-refractivity contribution in [3.05, 3.63) is 24.3 Å². The summed E-state index contributed by atoms with van der Waals surface area (Å²) in [6, 6.07) is 7.43. The molecule has 110 valence electrons. The summed E-state index contributed by atoms with van der Waals surface area (Å²) < 4.78 is 11.3. The third kappa shape index (κ3) is 4.21. The van der Waals surface area contributed by atoms with Gasteiger partial charge in [0, 0.05) is 13.1 Å². The Labute approximate surface area is 119 Å². The zero-order valence-electron chi connectivity index (χ0n) is 12.2. The van der Waals surface area contributed by atoms with Crippen LogP contribution in [0.15, 0.2) is 24.3 Å². The number of anilines is 1. The fourth-order valence-corrected chi connectivity index (χ4v) is 1.94. The molecule has 1 heterocycles. The molecule has 1 fully saturated rings. The van der Waals surface area contributed by atoms with Crippen molar-refractivity contribution in [2.24, 2.45) is 0 Å². The maximum atomic E-state index is 12.2. The number of amides is 1. The second-order valence-electron chi connectivity index (χ2n) is 5.76. The highest BCUT2D eigenvalue weighted by molar-refractivity contribution is 5.95. The Morgan fingerprint density at radius 1 is 1.40 bits per heavy atom. The lowest BCUT2D eigenvalue weighted by Crippen LogP contribution is -2.45. The number of carbonyl (C=O) groups is 1. The predicted molar refractivity (Wildman–Crippen MR) is 78.1 cm³/mol. The van der Waals surface area contributed by atoms with Crippen LogP contribution in [0, 0.1) is 0 Å². The summed E-state index contributed by atoms with van der Waals surface area (Å²) in [6.45, 7) is 7.79. The lowest BCUT2D eigenvalue weighted by molar-refractivity contribution is -0.128. The molecule has 0 spiro atoms. The molecule has 5 nitrogen and oxygen atoms in total. The molecule has 0 aromatic heterocycles. The van der Waals surface area contributed by atoms with Gasteiger partial charge in [-0.3, -0.25) is 4.79 Å². The molecule has 0 saturated carbocycles. The number of rotatable bonds is 3. The summed E-state index contributed by atoms with van der Waals surface area (Å²) >= 11 is 0. The van der Waals surface area contributed by atoms with Crippen molar-refractivity contribution in [2.75, 3.05) is 25.0 Å². The first-order valence-electron chi connectivity index (χ1n) is 6.87. The minimum absolute atomic E-state index is 0.151. The number of para-hydroxylation sites is 2. The van der Waals surface area contributed by atoms with Gasteiger partial charge in [0.15, 0.2) is 0 Å². The molecule has 0 bridgehead atoms. The van der Waals surface area contributed by atoms with Gasteiger partial charge >= 0.3 is 0 Å². The fourth-order valence-electron chi connectivity index (χ4n) is 1.94. The summed E-state index contributed by atoms with van der Waals surface area (Å²) in [4.78, 5) is 12.2. The molecule has 20 heavy (non-hydrogen) atoms. The Hall–Kier alpha value is -1.59. The lowest BCUT2D eigenvalue weighted by Gasteiger charge is -2.25. The highest BCUT2D eigenvalue weighted by Gasteiger charge is 2.23. The number of benzene rings is 1. The molecule has 2 N–H and O–H groups in total. The van der Waals surface area contributed by atoms with Crippen molar-refractivity contribution in [3.8, 4) is 5.75 Å². The molecule has 1 amide bonds. The van der Waals surface area contributed by atoms with E-state index in [-0.39, 0.29) is 11.5 Å². The van der Waals surface area contributed by atoms with Gasteiger partial charge in [0.2, 0.25) is 0 Å². The maximum Gasteiger partial charge on any atom is 0.254 e. The van der Waals surface area contributed by atoms with Gasteiger partial charge in [-0.2, -0.15) is 0 Å². The number of carbonyl (C=O) groups excluding carboxylic acids is 1. The van der Waals surface area contributed by atoms with Crippen LogP contribution in [0.25, 0.3) is 0 Å². The van der Waals surface area contributed by atoms with E-state index in [1.807, 2.05) is 45.0 Å². The molecule has 1 aliphatic rings. The molecule has 0 aliphatic carbocycles. The predicted octanol–water partition coefficient (Wildman–Crippen LogP) is 1.79. The molecule has 1 aromatic carbocycles. The molecule has 1 saturated heterocycles. The van der Waals surface area contributed by atoms with E-state index in [4.69, 9.17) is 9.47 Å². The summed E-state index contributed by atoms with van der Waals surface area (Å²) in [5.41, 5.74) is 0.352. The van der Waals surface area contributed by atoms with Crippen LogP contribution in [0.4, 0.5) is 5.69 Å². The average Bonchev–Trinajstić information content (AvgIpc) is 2.40. The first kappa shape index (κ1) is 14.8. The number of hydrogen-bond acceptors (Lipinski definition) is 4. The monoisotopic (exact) mass is 278 g/mol. The second-order valence-corrected chi connectivity index (χ2v) is 5.76. The molecule has 5 heteroatoms. The standard InChI is InChI=1S/C15H22N2O3/c1-15(2,3)20-12-7-5-4-6-11(12)17-14(18)13-10-16-8-9-19-13/h4-7,13,16H,8-10H2,1-3H3,(H,17,18). The van der Waals surface area contributed by atoms with Crippen molar-refractivity contribution >= 4 is 11.6 Å². The van der Waals surface area contributed by atoms with Crippen LogP contribution < -0.4 is 15.4 Å². The molecule has 1 aromatic rings. The van der Waals surface area contributed by atoms with Gasteiger partial charge in [-0.25, -0.2) is 0 Å². The lowest BCUT2D eigenvalue weighted by atomic mass is 10.2. The van der Waals surface area contributed by atoms with Crippen molar-refractivity contribution in [3.63, 3.8) is 0 Å². The third-order valence-electron chi connectivity index (χ3n) is 2.78. The van der Waals surface area contributed by atoms with Gasteiger partial charge in [-0.05, 0) is 32.9 Å². The highest BCUT2D eigenvalue weighted by atomic mass is 16.5. The van der Waals surface area contributed by atoms with Gasteiger partial charge in [0.25, 0.3) is 5.91 Å². The number of nitrogens with one attached hydrogen (secondary N) is 2. The Morgan fingerprint density at radius 2 is 2.15 bits per heavy atom. The van der Waals surface area contributed by atoms with Gasteiger partial charge < -0.3 is 20.1 Å². The maximum absolute atomic E-state index is 12.2. The quantitative estimate of drug-likeness (QED) is 0.885. The number of hydrogen-bond donors (Lipinski definition) is 2. The summed E-state index contributed by atoms with van der Waals surface area (Å²) in [5.74, 6) is 0.513. The Kier molecular flexibility index (Phi) is 4.62. The normalized spacial score (nSPS) is 19.4. The molecule has 1 aliphatic heterocycles. The zero-order valence-corrected chi connectivity index (χ0v) is 12.2. The van der Waals surface area contributed by atoms with Crippen LogP contribution in [-0.4, -0.2) is 37.3 Å². The average molecular weight is 278 g/mol. The topological polar surface area (TPSA) is 59.6 Å². The van der Waals surface area contributed by atoms with Crippen molar-refractivity contribution in [1.82, 2.24) is 5.32 Å². The Bertz CT molecular complexity index is 462. The van der Waals surface area contributed by atoms with Crippen LogP contribution in [0.2, 0.25) is 0 Å². The van der Waals surface area contributed by atoms with Gasteiger partial charge in [-0.1, -0.05) is 12.1 Å². The fraction of sp³-hybridized carbons (Fsp3) is 0.533. The van der Waals surface area contributed by atoms with Gasteiger partial charge in [0.1, 0.15) is 17.5 Å². The van der Waals surface area contributed by atoms with E-state index in [1.54, 1.807) is 0 Å². The smallest absolute Gasteiger partial charge is 0.254 e. The van der Waals surface area contributed by atoms with E-state index in [1.165, 1.54) is 0 Å². The van der Waals surface area contributed by atoms with E-state index in [9.17, 15) is 4.79 Å². The summed E-state index contributed by atoms with van der Waals surface area (Å²) in [5, 5.41) is 6.01. The van der Waals surface area contributed by atoms with E-state index in [0.29, 0.717) is 24.6 Å². The van der Waals surface area contributed by atoms with Gasteiger partial charge in [-0.15, -0.1) is 0 Å². The number of morpholine rings is 1. The molecular formula is C15H22N2O3.